The number of aliphatic hydroxyl groups is 1. The van der Waals surface area contributed by atoms with Crippen molar-refractivity contribution in [1.29, 1.82) is 0 Å². The molecule has 0 spiro atoms. The summed E-state index contributed by atoms with van der Waals surface area (Å²) in [4.78, 5) is 11.8. The fourth-order valence-corrected chi connectivity index (χ4v) is 1.42. The molecule has 0 heterocycles. The average molecular weight is 257 g/mol. The Kier molecular flexibility index (Phi) is 5.54. The van der Waals surface area contributed by atoms with Gasteiger partial charge in [-0.25, -0.2) is 4.39 Å². The summed E-state index contributed by atoms with van der Waals surface area (Å²) in [5, 5.41) is 11.5. The molecule has 1 amide bonds. The maximum Gasteiger partial charge on any atom is 0.251 e. The summed E-state index contributed by atoms with van der Waals surface area (Å²) in [7, 11) is 2.81. The van der Waals surface area contributed by atoms with Gasteiger partial charge in [0.2, 0.25) is 0 Å². The molecule has 1 unspecified atom stereocenters. The Morgan fingerprint density at radius 3 is 2.72 bits per heavy atom. The first-order valence-corrected chi connectivity index (χ1v) is 5.36. The third kappa shape index (κ3) is 3.68. The molecule has 1 rings (SSSR count). The van der Waals surface area contributed by atoms with Crippen LogP contribution in [0.2, 0.25) is 0 Å². The second-order valence-electron chi connectivity index (χ2n) is 3.66. The average Bonchev–Trinajstić information content (AvgIpc) is 2.37. The number of aliphatic hydroxyl groups excluding tert-OH is 1. The lowest BCUT2D eigenvalue weighted by Crippen LogP contribution is -2.40. The summed E-state index contributed by atoms with van der Waals surface area (Å²) in [5.41, 5.74) is 0.155. The van der Waals surface area contributed by atoms with Crippen LogP contribution in [0.5, 0.6) is 5.75 Å². The predicted molar refractivity (Wildman–Crippen MR) is 63.2 cm³/mol. The first-order valence-electron chi connectivity index (χ1n) is 5.36. The van der Waals surface area contributed by atoms with Gasteiger partial charge in [0, 0.05) is 12.7 Å². The van der Waals surface area contributed by atoms with Gasteiger partial charge in [-0.1, -0.05) is 0 Å². The SMILES string of the molecule is COCC(CO)NC(=O)c1ccc(OC)c(F)c1. The zero-order valence-electron chi connectivity index (χ0n) is 10.3. The molecular weight excluding hydrogens is 241 g/mol. The van der Waals surface area contributed by atoms with Crippen molar-refractivity contribution in [2.45, 2.75) is 6.04 Å². The molecule has 0 radical (unpaired) electrons. The molecule has 1 atom stereocenters. The van der Waals surface area contributed by atoms with E-state index in [4.69, 9.17) is 14.6 Å². The molecule has 0 bridgehead atoms. The summed E-state index contributed by atoms with van der Waals surface area (Å²) < 4.78 is 23.0. The van der Waals surface area contributed by atoms with Crippen LogP contribution in [-0.2, 0) is 4.74 Å². The Bertz CT molecular complexity index is 411. The van der Waals surface area contributed by atoms with E-state index >= 15 is 0 Å². The molecule has 0 fully saturated rings. The molecule has 18 heavy (non-hydrogen) atoms. The molecule has 5 nitrogen and oxygen atoms in total. The third-order valence-electron chi connectivity index (χ3n) is 2.34. The molecule has 1 aromatic rings. The Morgan fingerprint density at radius 1 is 1.50 bits per heavy atom. The number of rotatable bonds is 6. The van der Waals surface area contributed by atoms with E-state index in [1.54, 1.807) is 0 Å². The van der Waals surface area contributed by atoms with Gasteiger partial charge in [-0.15, -0.1) is 0 Å². The maximum atomic E-state index is 13.4. The number of amides is 1. The van der Waals surface area contributed by atoms with Gasteiger partial charge in [-0.05, 0) is 18.2 Å². The van der Waals surface area contributed by atoms with Crippen LogP contribution in [0.25, 0.3) is 0 Å². The van der Waals surface area contributed by atoms with Crippen molar-refractivity contribution in [2.24, 2.45) is 0 Å². The van der Waals surface area contributed by atoms with Gasteiger partial charge in [0.15, 0.2) is 11.6 Å². The van der Waals surface area contributed by atoms with Crippen LogP contribution in [0.1, 0.15) is 10.4 Å². The summed E-state index contributed by atoms with van der Waals surface area (Å²) in [6.07, 6.45) is 0. The number of hydrogen-bond acceptors (Lipinski definition) is 4. The van der Waals surface area contributed by atoms with E-state index in [1.165, 1.54) is 26.4 Å². The first kappa shape index (κ1) is 14.4. The van der Waals surface area contributed by atoms with Gasteiger partial charge in [-0.2, -0.15) is 0 Å². The van der Waals surface area contributed by atoms with Crippen molar-refractivity contribution in [1.82, 2.24) is 5.32 Å². The summed E-state index contributed by atoms with van der Waals surface area (Å²) >= 11 is 0. The van der Waals surface area contributed by atoms with E-state index in [2.05, 4.69) is 5.32 Å². The quantitative estimate of drug-likeness (QED) is 0.782. The van der Waals surface area contributed by atoms with Crippen molar-refractivity contribution in [3.8, 4) is 5.75 Å². The number of nitrogens with one attached hydrogen (secondary N) is 1. The maximum absolute atomic E-state index is 13.4. The monoisotopic (exact) mass is 257 g/mol. The number of carbonyl (C=O) groups is 1. The molecule has 0 aliphatic carbocycles. The number of methoxy groups -OCH3 is 2. The topological polar surface area (TPSA) is 67.8 Å². The van der Waals surface area contributed by atoms with Crippen molar-refractivity contribution < 1.29 is 23.8 Å². The highest BCUT2D eigenvalue weighted by Crippen LogP contribution is 2.17. The lowest BCUT2D eigenvalue weighted by molar-refractivity contribution is 0.0839. The van der Waals surface area contributed by atoms with Crippen molar-refractivity contribution in [3.63, 3.8) is 0 Å². The van der Waals surface area contributed by atoms with Gasteiger partial charge < -0.3 is 19.9 Å². The van der Waals surface area contributed by atoms with E-state index in [1.807, 2.05) is 0 Å². The molecule has 0 saturated heterocycles. The van der Waals surface area contributed by atoms with Crippen molar-refractivity contribution >= 4 is 5.91 Å². The van der Waals surface area contributed by atoms with Gasteiger partial charge in [-0.3, -0.25) is 4.79 Å². The van der Waals surface area contributed by atoms with Gasteiger partial charge in [0.1, 0.15) is 0 Å². The van der Waals surface area contributed by atoms with E-state index in [0.29, 0.717) is 0 Å². The Labute approximate surface area is 105 Å². The van der Waals surface area contributed by atoms with Crippen molar-refractivity contribution in [2.75, 3.05) is 27.4 Å². The number of hydrogen-bond donors (Lipinski definition) is 2. The van der Waals surface area contributed by atoms with Gasteiger partial charge >= 0.3 is 0 Å². The molecule has 6 heteroatoms. The lowest BCUT2D eigenvalue weighted by atomic mass is 10.2. The van der Waals surface area contributed by atoms with Crippen LogP contribution in [0.15, 0.2) is 18.2 Å². The van der Waals surface area contributed by atoms with Gasteiger partial charge in [0.25, 0.3) is 5.91 Å². The summed E-state index contributed by atoms with van der Waals surface area (Å²) in [6.45, 7) is -0.0703. The zero-order chi connectivity index (χ0) is 13.5. The summed E-state index contributed by atoms with van der Waals surface area (Å²) in [5.74, 6) is -1.02. The Balaban J connectivity index is 2.74. The van der Waals surface area contributed by atoms with Crippen LogP contribution < -0.4 is 10.1 Å². The molecule has 0 aliphatic rings. The minimum atomic E-state index is -0.613. The zero-order valence-corrected chi connectivity index (χ0v) is 10.3. The van der Waals surface area contributed by atoms with E-state index < -0.39 is 17.8 Å². The second-order valence-corrected chi connectivity index (χ2v) is 3.66. The van der Waals surface area contributed by atoms with Crippen LogP contribution in [0.3, 0.4) is 0 Å². The fraction of sp³-hybridized carbons (Fsp3) is 0.417. The third-order valence-corrected chi connectivity index (χ3v) is 2.34. The largest absolute Gasteiger partial charge is 0.494 e. The predicted octanol–water partition coefficient (Wildman–Crippen LogP) is 0.571. The molecule has 0 aromatic heterocycles. The molecule has 0 saturated carbocycles. The normalized spacial score (nSPS) is 12.0. The number of halogens is 1. The summed E-state index contributed by atoms with van der Waals surface area (Å²) in [6, 6.07) is 3.37. The first-order chi connectivity index (χ1) is 8.62. The fourth-order valence-electron chi connectivity index (χ4n) is 1.42. The molecular formula is C12H16FNO4. The van der Waals surface area contributed by atoms with E-state index in [0.717, 1.165) is 6.07 Å². The van der Waals surface area contributed by atoms with Crippen LogP contribution in [-0.4, -0.2) is 44.5 Å². The molecule has 2 N–H and O–H groups in total. The van der Waals surface area contributed by atoms with E-state index in [9.17, 15) is 9.18 Å². The minimum absolute atomic E-state index is 0.0714. The highest BCUT2D eigenvalue weighted by molar-refractivity contribution is 5.94. The minimum Gasteiger partial charge on any atom is -0.494 e. The van der Waals surface area contributed by atoms with Crippen LogP contribution in [0, 0.1) is 5.82 Å². The highest BCUT2D eigenvalue weighted by atomic mass is 19.1. The number of ether oxygens (including phenoxy) is 2. The van der Waals surface area contributed by atoms with Crippen molar-refractivity contribution in [3.05, 3.63) is 29.6 Å². The van der Waals surface area contributed by atoms with E-state index in [-0.39, 0.29) is 24.5 Å². The number of benzene rings is 1. The standard InChI is InChI=1S/C12H16FNO4/c1-17-7-9(6-15)14-12(16)8-3-4-11(18-2)10(13)5-8/h3-5,9,15H,6-7H2,1-2H3,(H,14,16). The highest BCUT2D eigenvalue weighted by Gasteiger charge is 2.14. The van der Waals surface area contributed by atoms with Gasteiger partial charge in [0.05, 0.1) is 26.4 Å². The molecule has 0 aliphatic heterocycles. The Morgan fingerprint density at radius 2 is 2.22 bits per heavy atom. The van der Waals surface area contributed by atoms with Crippen LogP contribution in [0.4, 0.5) is 4.39 Å². The lowest BCUT2D eigenvalue weighted by Gasteiger charge is -2.15. The molecule has 1 aromatic carbocycles. The second kappa shape index (κ2) is 6.93. The Hall–Kier alpha value is -1.66. The van der Waals surface area contributed by atoms with Crippen LogP contribution >= 0.6 is 0 Å². The number of carbonyl (C=O) groups excluding carboxylic acids is 1. The molecule has 100 valence electrons. The smallest absolute Gasteiger partial charge is 0.251 e.